The lowest BCUT2D eigenvalue weighted by Crippen LogP contribution is -2.17. The van der Waals surface area contributed by atoms with Crippen LogP contribution in [0.3, 0.4) is 0 Å². The maximum absolute atomic E-state index is 13.8. The summed E-state index contributed by atoms with van der Waals surface area (Å²) in [7, 11) is 0. The zero-order valence-corrected chi connectivity index (χ0v) is 11.8. The number of rotatable bonds is 7. The van der Waals surface area contributed by atoms with Crippen LogP contribution < -0.4 is 10.1 Å². The molecule has 1 N–H and O–H groups in total. The largest absolute Gasteiger partial charge is 0.491 e. The summed E-state index contributed by atoms with van der Waals surface area (Å²) in [5.74, 6) is 0.644. The number of hydrogen-bond donors (Lipinski definition) is 1. The van der Waals surface area contributed by atoms with Crippen molar-refractivity contribution >= 4 is 0 Å². The lowest BCUT2D eigenvalue weighted by Gasteiger charge is -2.14. The molecule has 102 valence electrons. The monoisotopic (exact) mass is 253 g/mol. The molecule has 1 rings (SSSR count). The van der Waals surface area contributed by atoms with Crippen LogP contribution in [0, 0.1) is 11.7 Å². The molecule has 0 aliphatic heterocycles. The second-order valence-electron chi connectivity index (χ2n) is 5.00. The highest BCUT2D eigenvalue weighted by atomic mass is 19.1. The maximum Gasteiger partial charge on any atom is 0.165 e. The van der Waals surface area contributed by atoms with E-state index >= 15 is 0 Å². The van der Waals surface area contributed by atoms with Gasteiger partial charge >= 0.3 is 0 Å². The van der Waals surface area contributed by atoms with E-state index in [-0.39, 0.29) is 11.9 Å². The second-order valence-corrected chi connectivity index (χ2v) is 5.00. The molecule has 0 heterocycles. The Kier molecular flexibility index (Phi) is 6.13. The maximum atomic E-state index is 13.8. The third kappa shape index (κ3) is 4.65. The Morgan fingerprint density at radius 1 is 1.28 bits per heavy atom. The summed E-state index contributed by atoms with van der Waals surface area (Å²) in [6.07, 6.45) is 0.939. The van der Waals surface area contributed by atoms with E-state index in [0.29, 0.717) is 18.3 Å². The highest BCUT2D eigenvalue weighted by Crippen LogP contribution is 2.22. The molecule has 3 heteroatoms. The summed E-state index contributed by atoms with van der Waals surface area (Å²) in [4.78, 5) is 0. The molecule has 0 amide bonds. The molecule has 0 aliphatic rings. The van der Waals surface area contributed by atoms with Gasteiger partial charge in [-0.15, -0.1) is 0 Å². The van der Waals surface area contributed by atoms with E-state index in [0.717, 1.165) is 18.5 Å². The van der Waals surface area contributed by atoms with E-state index in [1.807, 2.05) is 19.9 Å². The Balaban J connectivity index is 2.62. The van der Waals surface area contributed by atoms with E-state index in [1.54, 1.807) is 12.1 Å². The van der Waals surface area contributed by atoms with Crippen LogP contribution in [0.15, 0.2) is 18.2 Å². The molecule has 1 aromatic rings. The Labute approximate surface area is 110 Å². The lowest BCUT2D eigenvalue weighted by molar-refractivity contribution is 0.276. The van der Waals surface area contributed by atoms with Crippen LogP contribution in [0.2, 0.25) is 0 Å². The van der Waals surface area contributed by atoms with Crippen molar-refractivity contribution in [1.82, 2.24) is 5.32 Å². The minimum Gasteiger partial charge on any atom is -0.491 e. The van der Waals surface area contributed by atoms with Crippen LogP contribution in [0.25, 0.3) is 0 Å². The molecule has 0 fully saturated rings. The summed E-state index contributed by atoms with van der Waals surface area (Å²) in [6.45, 7) is 9.75. The predicted molar refractivity (Wildman–Crippen MR) is 73.4 cm³/mol. The Morgan fingerprint density at radius 3 is 2.56 bits per heavy atom. The van der Waals surface area contributed by atoms with Gasteiger partial charge in [0.25, 0.3) is 0 Å². The molecule has 0 bridgehead atoms. The van der Waals surface area contributed by atoms with Crippen molar-refractivity contribution in [3.8, 4) is 5.75 Å². The van der Waals surface area contributed by atoms with Crippen molar-refractivity contribution in [2.75, 3.05) is 13.2 Å². The van der Waals surface area contributed by atoms with Gasteiger partial charge in [-0.25, -0.2) is 4.39 Å². The second kappa shape index (κ2) is 7.37. The molecule has 18 heavy (non-hydrogen) atoms. The molecule has 1 aromatic carbocycles. The summed E-state index contributed by atoms with van der Waals surface area (Å²) >= 11 is 0. The number of nitrogens with one attached hydrogen (secondary N) is 1. The molecule has 0 aliphatic carbocycles. The van der Waals surface area contributed by atoms with Crippen molar-refractivity contribution in [3.05, 3.63) is 29.6 Å². The predicted octanol–water partition coefficient (Wildman–Crippen LogP) is 3.92. The molecule has 0 aromatic heterocycles. The first-order valence-corrected chi connectivity index (χ1v) is 6.70. The third-order valence-corrected chi connectivity index (χ3v) is 2.92. The fourth-order valence-corrected chi connectivity index (χ4v) is 1.73. The van der Waals surface area contributed by atoms with E-state index in [4.69, 9.17) is 4.74 Å². The van der Waals surface area contributed by atoms with E-state index < -0.39 is 0 Å². The van der Waals surface area contributed by atoms with Crippen molar-refractivity contribution in [1.29, 1.82) is 0 Å². The zero-order chi connectivity index (χ0) is 13.5. The van der Waals surface area contributed by atoms with Gasteiger partial charge in [-0.05, 0) is 43.5 Å². The Bertz CT molecular complexity index is 366. The van der Waals surface area contributed by atoms with E-state index in [9.17, 15) is 4.39 Å². The van der Waals surface area contributed by atoms with Gasteiger partial charge in [0.1, 0.15) is 0 Å². The molecular formula is C15H24FNO. The number of ether oxygens (including phenoxy) is 1. The van der Waals surface area contributed by atoms with E-state index in [1.165, 1.54) is 0 Å². The van der Waals surface area contributed by atoms with Crippen molar-refractivity contribution in [2.45, 2.75) is 40.2 Å². The molecule has 2 nitrogen and oxygen atoms in total. The Hall–Kier alpha value is -1.09. The SMILES string of the molecule is CCNC(C)c1ccc(OCCC(C)C)c(F)c1. The van der Waals surface area contributed by atoms with Crippen LogP contribution in [-0.2, 0) is 0 Å². The third-order valence-electron chi connectivity index (χ3n) is 2.92. The minimum absolute atomic E-state index is 0.161. The zero-order valence-electron chi connectivity index (χ0n) is 11.8. The van der Waals surface area contributed by atoms with Crippen LogP contribution in [-0.4, -0.2) is 13.2 Å². The number of hydrogen-bond acceptors (Lipinski definition) is 2. The summed E-state index contributed by atoms with van der Waals surface area (Å²) in [5.41, 5.74) is 0.950. The standard InChI is InChI=1S/C15H24FNO/c1-5-17-12(4)13-6-7-15(14(16)10-13)18-9-8-11(2)3/h6-7,10-12,17H,5,8-9H2,1-4H3. The first kappa shape index (κ1) is 15.0. The topological polar surface area (TPSA) is 21.3 Å². The normalized spacial score (nSPS) is 12.8. The molecular weight excluding hydrogens is 229 g/mol. The fourth-order valence-electron chi connectivity index (χ4n) is 1.73. The Morgan fingerprint density at radius 2 is 2.00 bits per heavy atom. The highest BCUT2D eigenvalue weighted by Gasteiger charge is 2.09. The van der Waals surface area contributed by atoms with E-state index in [2.05, 4.69) is 19.2 Å². The average molecular weight is 253 g/mol. The van der Waals surface area contributed by atoms with Gasteiger partial charge < -0.3 is 10.1 Å². The molecule has 0 spiro atoms. The fraction of sp³-hybridized carbons (Fsp3) is 0.600. The van der Waals surface area contributed by atoms with Gasteiger partial charge in [-0.2, -0.15) is 0 Å². The van der Waals surface area contributed by atoms with Gasteiger partial charge in [-0.1, -0.05) is 26.8 Å². The van der Waals surface area contributed by atoms with Crippen molar-refractivity contribution in [3.63, 3.8) is 0 Å². The lowest BCUT2D eigenvalue weighted by atomic mass is 10.1. The molecule has 0 radical (unpaired) electrons. The molecule has 0 saturated carbocycles. The van der Waals surface area contributed by atoms with Crippen molar-refractivity contribution in [2.24, 2.45) is 5.92 Å². The highest BCUT2D eigenvalue weighted by molar-refractivity contribution is 5.30. The summed E-state index contributed by atoms with van der Waals surface area (Å²) in [5, 5.41) is 3.26. The smallest absolute Gasteiger partial charge is 0.165 e. The van der Waals surface area contributed by atoms with Crippen LogP contribution in [0.5, 0.6) is 5.75 Å². The average Bonchev–Trinajstić information content (AvgIpc) is 2.31. The van der Waals surface area contributed by atoms with Crippen LogP contribution in [0.1, 0.15) is 45.7 Å². The number of halogens is 1. The first-order valence-electron chi connectivity index (χ1n) is 6.70. The quantitative estimate of drug-likeness (QED) is 0.795. The van der Waals surface area contributed by atoms with Crippen LogP contribution in [0.4, 0.5) is 4.39 Å². The van der Waals surface area contributed by atoms with Gasteiger partial charge in [0.2, 0.25) is 0 Å². The molecule has 1 unspecified atom stereocenters. The molecule has 0 saturated heterocycles. The summed E-state index contributed by atoms with van der Waals surface area (Å²) < 4.78 is 19.3. The molecule has 1 atom stereocenters. The van der Waals surface area contributed by atoms with Gasteiger partial charge in [0.05, 0.1) is 6.61 Å². The van der Waals surface area contributed by atoms with Crippen LogP contribution >= 0.6 is 0 Å². The number of benzene rings is 1. The van der Waals surface area contributed by atoms with Crippen molar-refractivity contribution < 1.29 is 9.13 Å². The van der Waals surface area contributed by atoms with Gasteiger partial charge in [0, 0.05) is 6.04 Å². The minimum atomic E-state index is -0.277. The summed E-state index contributed by atoms with van der Waals surface area (Å²) in [6, 6.07) is 5.35. The van der Waals surface area contributed by atoms with Gasteiger partial charge in [-0.3, -0.25) is 0 Å². The van der Waals surface area contributed by atoms with Gasteiger partial charge in [0.15, 0.2) is 11.6 Å². The first-order chi connectivity index (χ1) is 8.54.